The zero-order chi connectivity index (χ0) is 19.1. The van der Waals surface area contributed by atoms with Gasteiger partial charge in [0.15, 0.2) is 0 Å². The van der Waals surface area contributed by atoms with Crippen molar-refractivity contribution >= 4 is 5.91 Å². The molecule has 1 heterocycles. The van der Waals surface area contributed by atoms with E-state index in [1.165, 1.54) is 6.42 Å². The highest BCUT2D eigenvalue weighted by molar-refractivity contribution is 5.95. The third-order valence-electron chi connectivity index (χ3n) is 6.13. The average Bonchev–Trinajstić information content (AvgIpc) is 2.87. The summed E-state index contributed by atoms with van der Waals surface area (Å²) >= 11 is 0. The van der Waals surface area contributed by atoms with Gasteiger partial charge in [-0.25, -0.2) is 0 Å². The van der Waals surface area contributed by atoms with E-state index in [-0.39, 0.29) is 11.3 Å². The summed E-state index contributed by atoms with van der Waals surface area (Å²) < 4.78 is 5.70. The number of hydrogen-bond donors (Lipinski definition) is 1. The van der Waals surface area contributed by atoms with E-state index < -0.39 is 0 Å². The summed E-state index contributed by atoms with van der Waals surface area (Å²) in [6.07, 6.45) is 1.19. The number of ether oxygens (including phenoxy) is 1. The van der Waals surface area contributed by atoms with Gasteiger partial charge < -0.3 is 20.3 Å². The van der Waals surface area contributed by atoms with Gasteiger partial charge in [0.2, 0.25) is 0 Å². The largest absolute Gasteiger partial charge is 0.492 e. The summed E-state index contributed by atoms with van der Waals surface area (Å²) in [5, 5.41) is 0. The lowest BCUT2D eigenvalue weighted by molar-refractivity contribution is -0.0789. The zero-order valence-corrected chi connectivity index (χ0v) is 16.8. The molecule has 2 N–H and O–H groups in total. The molecule has 0 bridgehead atoms. The molecule has 0 radical (unpaired) electrons. The number of likely N-dealkylation sites (tertiary alicyclic amines) is 1. The van der Waals surface area contributed by atoms with E-state index in [1.807, 2.05) is 25.1 Å². The van der Waals surface area contributed by atoms with E-state index in [4.69, 9.17) is 10.5 Å². The number of aryl methyl sites for hydroxylation is 1. The van der Waals surface area contributed by atoms with Crippen molar-refractivity contribution in [1.82, 2.24) is 9.80 Å². The minimum atomic E-state index is 0.117. The second-order valence-electron chi connectivity index (χ2n) is 9.12. The Morgan fingerprint density at radius 3 is 2.73 bits per heavy atom. The highest BCUT2D eigenvalue weighted by Gasteiger charge is 2.63. The van der Waals surface area contributed by atoms with Gasteiger partial charge in [-0.2, -0.15) is 0 Å². The molecule has 1 aromatic rings. The van der Waals surface area contributed by atoms with Crippen LogP contribution in [-0.4, -0.2) is 62.6 Å². The third kappa shape index (κ3) is 3.35. The van der Waals surface area contributed by atoms with E-state index in [0.29, 0.717) is 30.0 Å². The highest BCUT2D eigenvalue weighted by atomic mass is 16.5. The van der Waals surface area contributed by atoms with Gasteiger partial charge in [-0.05, 0) is 56.5 Å². The maximum absolute atomic E-state index is 13.2. The molecule has 2 fully saturated rings. The highest BCUT2D eigenvalue weighted by Crippen LogP contribution is 2.62. The Hall–Kier alpha value is -1.59. The van der Waals surface area contributed by atoms with Gasteiger partial charge >= 0.3 is 0 Å². The summed E-state index contributed by atoms with van der Waals surface area (Å²) in [4.78, 5) is 17.5. The van der Waals surface area contributed by atoms with Crippen LogP contribution in [0.25, 0.3) is 0 Å². The van der Waals surface area contributed by atoms with E-state index in [0.717, 1.165) is 30.9 Å². The number of carbonyl (C=O) groups excluding carboxylic acids is 1. The number of nitrogens with two attached hydrogens (primary N) is 1. The first kappa shape index (κ1) is 19.2. The van der Waals surface area contributed by atoms with Gasteiger partial charge in [-0.1, -0.05) is 19.9 Å². The van der Waals surface area contributed by atoms with Gasteiger partial charge in [-0.3, -0.25) is 4.79 Å². The topological polar surface area (TPSA) is 58.8 Å². The number of fused-ring (bicyclic) bond motifs is 1. The minimum absolute atomic E-state index is 0.117. The van der Waals surface area contributed by atoms with Crippen molar-refractivity contribution in [3.05, 3.63) is 29.3 Å². The predicted molar refractivity (Wildman–Crippen MR) is 105 cm³/mol. The molecule has 1 saturated carbocycles. The van der Waals surface area contributed by atoms with Crippen molar-refractivity contribution in [2.45, 2.75) is 27.2 Å². The Labute approximate surface area is 157 Å². The number of hydrogen-bond acceptors (Lipinski definition) is 4. The first-order valence-corrected chi connectivity index (χ1v) is 9.56. The van der Waals surface area contributed by atoms with Gasteiger partial charge in [-0.15, -0.1) is 0 Å². The van der Waals surface area contributed by atoms with Crippen LogP contribution in [0.1, 0.15) is 36.2 Å². The van der Waals surface area contributed by atoms with Crippen LogP contribution >= 0.6 is 0 Å². The quantitative estimate of drug-likeness (QED) is 0.847. The molecule has 2 atom stereocenters. The summed E-state index contributed by atoms with van der Waals surface area (Å²) in [5.41, 5.74) is 7.83. The van der Waals surface area contributed by atoms with Crippen molar-refractivity contribution in [3.8, 4) is 5.75 Å². The molecule has 1 aromatic carbocycles. The van der Waals surface area contributed by atoms with Crippen molar-refractivity contribution in [2.24, 2.45) is 22.5 Å². The number of rotatable bonds is 6. The van der Waals surface area contributed by atoms with Crippen LogP contribution in [0.5, 0.6) is 5.75 Å². The van der Waals surface area contributed by atoms with Crippen LogP contribution in [0.15, 0.2) is 18.2 Å². The van der Waals surface area contributed by atoms with Gasteiger partial charge in [0.05, 0.1) is 0 Å². The fraction of sp³-hybridized carbons (Fsp3) is 0.667. The van der Waals surface area contributed by atoms with E-state index in [2.05, 4.69) is 37.7 Å². The summed E-state index contributed by atoms with van der Waals surface area (Å²) in [5.74, 6) is 1.44. The first-order valence-electron chi connectivity index (χ1n) is 9.56. The number of amides is 1. The van der Waals surface area contributed by atoms with Crippen LogP contribution in [0.3, 0.4) is 0 Å². The molecule has 5 nitrogen and oxygen atoms in total. The molecule has 144 valence electrons. The Morgan fingerprint density at radius 2 is 2.12 bits per heavy atom. The molecule has 0 spiro atoms. The molecule has 1 aliphatic carbocycles. The number of benzene rings is 1. The van der Waals surface area contributed by atoms with Crippen LogP contribution in [0, 0.1) is 23.7 Å². The lowest BCUT2D eigenvalue weighted by atomic mass is 9.48. The second-order valence-corrected chi connectivity index (χ2v) is 9.12. The Morgan fingerprint density at radius 1 is 1.38 bits per heavy atom. The molecular weight excluding hydrogens is 326 g/mol. The van der Waals surface area contributed by atoms with Gasteiger partial charge in [0, 0.05) is 37.2 Å². The predicted octanol–water partition coefficient (Wildman–Crippen LogP) is 2.38. The molecule has 0 unspecified atom stereocenters. The fourth-order valence-electron chi connectivity index (χ4n) is 5.36. The smallest absolute Gasteiger partial charge is 0.254 e. The van der Waals surface area contributed by atoms with Crippen molar-refractivity contribution in [2.75, 3.05) is 46.9 Å². The molecular formula is C21H33N3O2. The Bertz CT molecular complexity index is 682. The fourth-order valence-corrected chi connectivity index (χ4v) is 5.36. The van der Waals surface area contributed by atoms with E-state index >= 15 is 0 Å². The Kier molecular flexibility index (Phi) is 5.06. The normalized spacial score (nSPS) is 26.6. The minimum Gasteiger partial charge on any atom is -0.492 e. The van der Waals surface area contributed by atoms with E-state index in [9.17, 15) is 4.79 Å². The molecule has 1 aliphatic heterocycles. The summed E-state index contributed by atoms with van der Waals surface area (Å²) in [7, 11) is 4.26. The van der Waals surface area contributed by atoms with Crippen molar-refractivity contribution in [3.63, 3.8) is 0 Å². The standard InChI is InChI=1S/C21H33N3O2/c1-15-6-7-16(10-17(15)26-9-8-22)19(25)24-11-18-20(2,3)12-21(18,14-24)13-23(4)5/h6-7,10,18H,8-9,11-14,22H2,1-5H3/t18-,21+/m1/s1. The molecule has 2 aliphatic rings. The monoisotopic (exact) mass is 359 g/mol. The summed E-state index contributed by atoms with van der Waals surface area (Å²) in [6, 6.07) is 5.75. The van der Waals surface area contributed by atoms with Crippen LogP contribution < -0.4 is 10.5 Å². The van der Waals surface area contributed by atoms with Crippen LogP contribution in [0.4, 0.5) is 0 Å². The molecule has 26 heavy (non-hydrogen) atoms. The van der Waals surface area contributed by atoms with Crippen molar-refractivity contribution < 1.29 is 9.53 Å². The molecule has 5 heteroatoms. The van der Waals surface area contributed by atoms with Crippen LogP contribution in [0.2, 0.25) is 0 Å². The lowest BCUT2D eigenvalue weighted by Gasteiger charge is -2.57. The van der Waals surface area contributed by atoms with E-state index in [1.54, 1.807) is 0 Å². The molecule has 1 saturated heterocycles. The maximum atomic E-state index is 13.2. The van der Waals surface area contributed by atoms with Crippen molar-refractivity contribution in [1.29, 1.82) is 0 Å². The Balaban J connectivity index is 1.79. The number of nitrogens with zero attached hydrogens (tertiary/aromatic N) is 2. The second kappa shape index (κ2) is 6.86. The van der Waals surface area contributed by atoms with Crippen LogP contribution in [-0.2, 0) is 0 Å². The first-order chi connectivity index (χ1) is 12.2. The third-order valence-corrected chi connectivity index (χ3v) is 6.13. The zero-order valence-electron chi connectivity index (χ0n) is 16.8. The van der Waals surface area contributed by atoms with Gasteiger partial charge in [0.25, 0.3) is 5.91 Å². The average molecular weight is 360 g/mol. The van der Waals surface area contributed by atoms with Gasteiger partial charge in [0.1, 0.15) is 12.4 Å². The SMILES string of the molecule is Cc1ccc(C(=O)N2C[C@@H]3C(C)(C)C[C@]3(CN(C)C)C2)cc1OCCN. The summed E-state index contributed by atoms with van der Waals surface area (Å²) in [6.45, 7) is 10.3. The molecule has 0 aromatic heterocycles. The number of carbonyl (C=O) groups is 1. The molecule has 1 amide bonds. The lowest BCUT2D eigenvalue weighted by Crippen LogP contribution is -2.57. The maximum Gasteiger partial charge on any atom is 0.254 e. The molecule has 3 rings (SSSR count).